The maximum atomic E-state index is 12.4. The summed E-state index contributed by atoms with van der Waals surface area (Å²) in [6, 6.07) is 0. The molecule has 2 aromatic heterocycles. The Hall–Kier alpha value is -2.11. The first-order valence-electron chi connectivity index (χ1n) is 6.77. The van der Waals surface area contributed by atoms with Crippen molar-refractivity contribution < 1.29 is 9.32 Å². The third-order valence-corrected chi connectivity index (χ3v) is 3.96. The highest BCUT2D eigenvalue weighted by Gasteiger charge is 2.47. The van der Waals surface area contributed by atoms with Crippen LogP contribution in [0.2, 0.25) is 0 Å². The van der Waals surface area contributed by atoms with Crippen LogP contribution in [0.5, 0.6) is 0 Å². The van der Waals surface area contributed by atoms with Gasteiger partial charge in [-0.3, -0.25) is 4.79 Å². The molecule has 1 fully saturated rings. The quantitative estimate of drug-likeness (QED) is 0.894. The van der Waals surface area contributed by atoms with Crippen LogP contribution in [0.15, 0.2) is 16.9 Å². The van der Waals surface area contributed by atoms with Gasteiger partial charge in [-0.05, 0) is 38.2 Å². The van der Waals surface area contributed by atoms with Crippen LogP contribution in [-0.4, -0.2) is 21.0 Å². The lowest BCUT2D eigenvalue weighted by Crippen LogP contribution is -2.46. The number of nitrogens with one attached hydrogen (secondary N) is 2. The Bertz CT molecular complexity index is 641. The molecule has 1 atom stereocenters. The van der Waals surface area contributed by atoms with E-state index in [1.807, 2.05) is 20.0 Å². The van der Waals surface area contributed by atoms with Gasteiger partial charge in [0.05, 0.1) is 5.56 Å². The van der Waals surface area contributed by atoms with E-state index in [0.29, 0.717) is 23.2 Å². The lowest BCUT2D eigenvalue weighted by atomic mass is 9.94. The van der Waals surface area contributed by atoms with Crippen LogP contribution >= 0.6 is 0 Å². The third kappa shape index (κ3) is 2.11. The number of aromatic amines is 1. The molecule has 1 aliphatic rings. The number of amides is 1. The van der Waals surface area contributed by atoms with Crippen molar-refractivity contribution in [1.29, 1.82) is 0 Å². The zero-order valence-electron chi connectivity index (χ0n) is 11.9. The molecule has 0 spiro atoms. The van der Waals surface area contributed by atoms with Gasteiger partial charge in [0.2, 0.25) is 5.89 Å². The minimum absolute atomic E-state index is 0.111. The molecule has 0 saturated heterocycles. The average Bonchev–Trinajstić information content (AvgIpc) is 3.04. The molecule has 2 heterocycles. The van der Waals surface area contributed by atoms with E-state index in [0.717, 1.165) is 18.4 Å². The molecule has 1 saturated carbocycles. The van der Waals surface area contributed by atoms with Crippen molar-refractivity contribution >= 4 is 5.91 Å². The number of hydrogen-bond donors (Lipinski definition) is 2. The van der Waals surface area contributed by atoms with Gasteiger partial charge in [-0.1, -0.05) is 5.16 Å². The van der Waals surface area contributed by atoms with Gasteiger partial charge >= 0.3 is 0 Å². The molecule has 0 radical (unpaired) electrons. The molecule has 6 nitrogen and oxygen atoms in total. The summed E-state index contributed by atoms with van der Waals surface area (Å²) in [6.07, 6.45) is 5.65. The Morgan fingerprint density at radius 2 is 2.20 bits per heavy atom. The Morgan fingerprint density at radius 3 is 2.70 bits per heavy atom. The van der Waals surface area contributed by atoms with Crippen LogP contribution in [0.3, 0.4) is 0 Å². The first kappa shape index (κ1) is 12.9. The van der Waals surface area contributed by atoms with E-state index < -0.39 is 5.54 Å². The fourth-order valence-electron chi connectivity index (χ4n) is 2.50. The molecule has 20 heavy (non-hydrogen) atoms. The van der Waals surface area contributed by atoms with Gasteiger partial charge in [0.15, 0.2) is 5.82 Å². The van der Waals surface area contributed by atoms with Crippen LogP contribution in [0.25, 0.3) is 0 Å². The minimum Gasteiger partial charge on any atom is -0.367 e. The van der Waals surface area contributed by atoms with Crippen molar-refractivity contribution in [3.63, 3.8) is 0 Å². The minimum atomic E-state index is -0.571. The number of carbonyl (C=O) groups is 1. The van der Waals surface area contributed by atoms with E-state index in [2.05, 4.69) is 20.4 Å². The molecule has 0 bridgehead atoms. The highest BCUT2D eigenvalue weighted by Crippen LogP contribution is 2.44. The van der Waals surface area contributed by atoms with E-state index in [9.17, 15) is 4.79 Å². The van der Waals surface area contributed by atoms with Crippen LogP contribution in [0.4, 0.5) is 0 Å². The standard InChI is InChI=1S/C14H18N4O2/c1-8-6-15-7-11(8)12(19)17-14(3,10-4-5-10)13-16-9(2)20-18-13/h6-7,10,15H,4-5H2,1-3H3,(H,17,19). The van der Waals surface area contributed by atoms with Crippen molar-refractivity contribution in [3.05, 3.63) is 35.2 Å². The molecule has 6 heteroatoms. The average molecular weight is 274 g/mol. The maximum Gasteiger partial charge on any atom is 0.253 e. The fourth-order valence-corrected chi connectivity index (χ4v) is 2.50. The number of carbonyl (C=O) groups excluding carboxylic acids is 1. The second-order valence-electron chi connectivity index (χ2n) is 5.62. The number of aromatic nitrogens is 3. The molecule has 106 valence electrons. The fraction of sp³-hybridized carbons (Fsp3) is 0.500. The van der Waals surface area contributed by atoms with Crippen molar-refractivity contribution in [2.24, 2.45) is 5.92 Å². The second kappa shape index (κ2) is 4.47. The highest BCUT2D eigenvalue weighted by molar-refractivity contribution is 5.96. The van der Waals surface area contributed by atoms with Gasteiger partial charge in [0.1, 0.15) is 5.54 Å². The Kier molecular flexibility index (Phi) is 2.88. The Labute approximate surface area is 117 Å². The van der Waals surface area contributed by atoms with E-state index in [4.69, 9.17) is 4.52 Å². The van der Waals surface area contributed by atoms with Gasteiger partial charge in [-0.15, -0.1) is 0 Å². The molecule has 1 aliphatic carbocycles. The second-order valence-corrected chi connectivity index (χ2v) is 5.62. The molecular weight excluding hydrogens is 256 g/mol. The predicted molar refractivity (Wildman–Crippen MR) is 72.1 cm³/mol. The molecule has 1 amide bonds. The van der Waals surface area contributed by atoms with Crippen molar-refractivity contribution in [2.75, 3.05) is 0 Å². The molecule has 0 aromatic carbocycles. The lowest BCUT2D eigenvalue weighted by molar-refractivity contribution is 0.0885. The maximum absolute atomic E-state index is 12.4. The number of aryl methyl sites for hydroxylation is 2. The summed E-state index contributed by atoms with van der Waals surface area (Å²) in [5, 5.41) is 7.08. The third-order valence-electron chi connectivity index (χ3n) is 3.96. The summed E-state index contributed by atoms with van der Waals surface area (Å²) >= 11 is 0. The molecule has 3 rings (SSSR count). The van der Waals surface area contributed by atoms with Crippen LogP contribution < -0.4 is 5.32 Å². The first-order valence-corrected chi connectivity index (χ1v) is 6.77. The van der Waals surface area contributed by atoms with Gasteiger partial charge in [-0.2, -0.15) is 4.98 Å². The number of hydrogen-bond acceptors (Lipinski definition) is 4. The van der Waals surface area contributed by atoms with Crippen LogP contribution in [0.1, 0.15) is 47.4 Å². The van der Waals surface area contributed by atoms with Crippen molar-refractivity contribution in [3.8, 4) is 0 Å². The molecule has 1 unspecified atom stereocenters. The monoisotopic (exact) mass is 274 g/mol. The summed E-state index contributed by atoms with van der Waals surface area (Å²) < 4.78 is 5.07. The number of rotatable bonds is 4. The number of H-pyrrole nitrogens is 1. The van der Waals surface area contributed by atoms with Gasteiger partial charge in [0.25, 0.3) is 5.91 Å². The molecular formula is C14H18N4O2. The summed E-state index contributed by atoms with van der Waals surface area (Å²) in [6.45, 7) is 5.62. The van der Waals surface area contributed by atoms with Crippen LogP contribution in [-0.2, 0) is 5.54 Å². The van der Waals surface area contributed by atoms with Crippen molar-refractivity contribution in [1.82, 2.24) is 20.4 Å². The predicted octanol–water partition coefficient (Wildman–Crippen LogP) is 2.07. The Balaban J connectivity index is 1.88. The van der Waals surface area contributed by atoms with Gasteiger partial charge in [0, 0.05) is 19.3 Å². The first-order chi connectivity index (χ1) is 9.50. The Morgan fingerprint density at radius 1 is 1.45 bits per heavy atom. The summed E-state index contributed by atoms with van der Waals surface area (Å²) in [5.41, 5.74) is 1.00. The largest absolute Gasteiger partial charge is 0.367 e. The van der Waals surface area contributed by atoms with Crippen LogP contribution in [0, 0.1) is 19.8 Å². The lowest BCUT2D eigenvalue weighted by Gasteiger charge is -2.27. The summed E-state index contributed by atoms with van der Waals surface area (Å²) in [5.74, 6) is 1.32. The zero-order chi connectivity index (χ0) is 14.3. The molecule has 2 N–H and O–H groups in total. The normalized spacial score (nSPS) is 17.8. The van der Waals surface area contributed by atoms with E-state index in [1.165, 1.54) is 0 Å². The topological polar surface area (TPSA) is 83.8 Å². The zero-order valence-corrected chi connectivity index (χ0v) is 11.9. The molecule has 0 aliphatic heterocycles. The van der Waals surface area contributed by atoms with Crippen molar-refractivity contribution in [2.45, 2.75) is 39.2 Å². The summed E-state index contributed by atoms with van der Waals surface area (Å²) in [4.78, 5) is 19.7. The smallest absolute Gasteiger partial charge is 0.253 e. The van der Waals surface area contributed by atoms with E-state index >= 15 is 0 Å². The SMILES string of the molecule is Cc1nc(C(C)(NC(=O)c2c[nH]cc2C)C2CC2)no1. The van der Waals surface area contributed by atoms with E-state index in [1.54, 1.807) is 13.1 Å². The highest BCUT2D eigenvalue weighted by atomic mass is 16.5. The van der Waals surface area contributed by atoms with Gasteiger partial charge in [-0.25, -0.2) is 0 Å². The molecule has 2 aromatic rings. The van der Waals surface area contributed by atoms with E-state index in [-0.39, 0.29) is 5.91 Å². The summed E-state index contributed by atoms with van der Waals surface area (Å²) in [7, 11) is 0. The van der Waals surface area contributed by atoms with Gasteiger partial charge < -0.3 is 14.8 Å². The number of nitrogens with zero attached hydrogens (tertiary/aromatic N) is 2.